The average Bonchev–Trinajstić information content (AvgIpc) is 3.00. The van der Waals surface area contributed by atoms with Gasteiger partial charge >= 0.3 is 0 Å². The Hall–Kier alpha value is -2.17. The van der Waals surface area contributed by atoms with Crippen LogP contribution in [0.1, 0.15) is 24.4 Å². The zero-order chi connectivity index (χ0) is 13.4. The molecule has 1 aliphatic heterocycles. The highest BCUT2D eigenvalue weighted by atomic mass is 16.7. The van der Waals surface area contributed by atoms with Crippen molar-refractivity contribution >= 4 is 16.9 Å². The molecule has 2 aromatic rings. The second-order valence-corrected chi connectivity index (χ2v) is 4.93. The first-order valence-electron chi connectivity index (χ1n) is 6.25. The number of carbonyl (C=O) groups excluding carboxylic acids is 1. The Bertz CT molecular complexity index is 630. The Morgan fingerprint density at radius 3 is 3.00 bits per heavy atom. The molecule has 5 heteroatoms. The van der Waals surface area contributed by atoms with Crippen molar-refractivity contribution < 1.29 is 18.7 Å². The van der Waals surface area contributed by atoms with Gasteiger partial charge in [0.05, 0.1) is 5.39 Å². The van der Waals surface area contributed by atoms with E-state index in [1.165, 1.54) is 0 Å². The van der Waals surface area contributed by atoms with Gasteiger partial charge in [0.15, 0.2) is 17.3 Å². The Balaban J connectivity index is 1.92. The summed E-state index contributed by atoms with van der Waals surface area (Å²) in [6.45, 7) is 4.90. The topological polar surface area (TPSA) is 60.7 Å². The minimum atomic E-state index is -0.211. The molecule has 1 N–H and O–H groups in total. The van der Waals surface area contributed by atoms with E-state index in [0.29, 0.717) is 35.3 Å². The molecule has 3 rings (SSSR count). The van der Waals surface area contributed by atoms with Gasteiger partial charge in [-0.2, -0.15) is 0 Å². The second kappa shape index (κ2) is 4.50. The van der Waals surface area contributed by atoms with E-state index >= 15 is 0 Å². The Morgan fingerprint density at radius 1 is 1.37 bits per heavy atom. The summed E-state index contributed by atoms with van der Waals surface area (Å²) in [5.41, 5.74) is 0.624. The maximum atomic E-state index is 11.9. The molecule has 1 aromatic carbocycles. The van der Waals surface area contributed by atoms with Gasteiger partial charge in [-0.05, 0) is 18.1 Å². The lowest BCUT2D eigenvalue weighted by Gasteiger charge is -2.04. The molecule has 0 saturated carbocycles. The highest BCUT2D eigenvalue weighted by Gasteiger charge is 2.21. The van der Waals surface area contributed by atoms with Crippen LogP contribution in [0.25, 0.3) is 11.0 Å². The van der Waals surface area contributed by atoms with Crippen LogP contribution in [0.5, 0.6) is 11.5 Å². The van der Waals surface area contributed by atoms with Gasteiger partial charge in [0.2, 0.25) is 6.79 Å². The third-order valence-electron chi connectivity index (χ3n) is 2.93. The maximum absolute atomic E-state index is 11.9. The lowest BCUT2D eigenvalue weighted by atomic mass is 10.2. The second-order valence-electron chi connectivity index (χ2n) is 4.93. The van der Waals surface area contributed by atoms with Crippen LogP contribution < -0.4 is 14.8 Å². The number of carbonyl (C=O) groups is 1. The fraction of sp³-hybridized carbons (Fsp3) is 0.357. The Labute approximate surface area is 110 Å². The summed E-state index contributed by atoms with van der Waals surface area (Å²) in [7, 11) is 0. The molecule has 2 heterocycles. The lowest BCUT2D eigenvalue weighted by molar-refractivity contribution is 0.0923. The number of ether oxygens (including phenoxy) is 2. The highest BCUT2D eigenvalue weighted by Crippen LogP contribution is 2.40. The van der Waals surface area contributed by atoms with Crippen LogP contribution in [0.15, 0.2) is 22.6 Å². The first-order valence-corrected chi connectivity index (χ1v) is 6.25. The van der Waals surface area contributed by atoms with Crippen LogP contribution in [0, 0.1) is 5.92 Å². The van der Waals surface area contributed by atoms with Crippen LogP contribution in [-0.2, 0) is 0 Å². The SMILES string of the molecule is CC(C)CNC(=O)c1cc2c3c(ccc2o1)OCO3. The minimum Gasteiger partial charge on any atom is -0.454 e. The molecule has 1 amide bonds. The summed E-state index contributed by atoms with van der Waals surface area (Å²) < 4.78 is 16.2. The molecule has 0 saturated heterocycles. The molecule has 0 radical (unpaired) electrons. The van der Waals surface area contributed by atoms with Gasteiger partial charge in [-0.1, -0.05) is 13.8 Å². The van der Waals surface area contributed by atoms with E-state index in [1.54, 1.807) is 18.2 Å². The van der Waals surface area contributed by atoms with E-state index in [4.69, 9.17) is 13.9 Å². The number of furan rings is 1. The number of hydrogen-bond donors (Lipinski definition) is 1. The summed E-state index contributed by atoms with van der Waals surface area (Å²) in [5, 5.41) is 3.59. The van der Waals surface area contributed by atoms with Crippen LogP contribution in [0.4, 0.5) is 0 Å². The van der Waals surface area contributed by atoms with Gasteiger partial charge in [0, 0.05) is 12.6 Å². The zero-order valence-corrected chi connectivity index (χ0v) is 10.9. The molecular formula is C14H15NO4. The van der Waals surface area contributed by atoms with Crippen LogP contribution in [0.2, 0.25) is 0 Å². The molecule has 0 unspecified atom stereocenters. The van der Waals surface area contributed by atoms with Crippen molar-refractivity contribution in [3.8, 4) is 11.5 Å². The smallest absolute Gasteiger partial charge is 0.287 e. The first-order chi connectivity index (χ1) is 9.15. The highest BCUT2D eigenvalue weighted by molar-refractivity contribution is 5.98. The molecule has 0 bridgehead atoms. The predicted octanol–water partition coefficient (Wildman–Crippen LogP) is 2.55. The van der Waals surface area contributed by atoms with E-state index in [9.17, 15) is 4.79 Å². The van der Waals surface area contributed by atoms with Crippen molar-refractivity contribution in [3.05, 3.63) is 24.0 Å². The number of rotatable bonds is 3. The summed E-state index contributed by atoms with van der Waals surface area (Å²) in [4.78, 5) is 11.9. The van der Waals surface area contributed by atoms with Gasteiger partial charge < -0.3 is 19.2 Å². The van der Waals surface area contributed by atoms with Crippen molar-refractivity contribution in [3.63, 3.8) is 0 Å². The average molecular weight is 261 g/mol. The zero-order valence-electron chi connectivity index (χ0n) is 10.9. The van der Waals surface area contributed by atoms with Crippen LogP contribution in [-0.4, -0.2) is 19.2 Å². The number of fused-ring (bicyclic) bond motifs is 3. The molecule has 0 fully saturated rings. The van der Waals surface area contributed by atoms with Gasteiger partial charge in [0.25, 0.3) is 5.91 Å². The van der Waals surface area contributed by atoms with E-state index in [-0.39, 0.29) is 12.7 Å². The molecule has 1 aliphatic rings. The summed E-state index contributed by atoms with van der Waals surface area (Å²) in [5.74, 6) is 1.80. The van der Waals surface area contributed by atoms with Crippen molar-refractivity contribution in [1.29, 1.82) is 0 Å². The van der Waals surface area contributed by atoms with Crippen LogP contribution in [0.3, 0.4) is 0 Å². The largest absolute Gasteiger partial charge is 0.454 e. The molecule has 0 atom stereocenters. The minimum absolute atomic E-state index is 0.203. The van der Waals surface area contributed by atoms with Crippen molar-refractivity contribution in [1.82, 2.24) is 5.32 Å². The fourth-order valence-electron chi connectivity index (χ4n) is 1.98. The van der Waals surface area contributed by atoms with E-state index < -0.39 is 0 Å². The van der Waals surface area contributed by atoms with E-state index in [0.717, 1.165) is 5.39 Å². The number of hydrogen-bond acceptors (Lipinski definition) is 4. The monoisotopic (exact) mass is 261 g/mol. The number of nitrogens with one attached hydrogen (secondary N) is 1. The van der Waals surface area contributed by atoms with Crippen LogP contribution >= 0.6 is 0 Å². The third-order valence-corrected chi connectivity index (χ3v) is 2.93. The normalized spacial score (nSPS) is 13.2. The van der Waals surface area contributed by atoms with Crippen molar-refractivity contribution in [2.75, 3.05) is 13.3 Å². The van der Waals surface area contributed by atoms with E-state index in [2.05, 4.69) is 5.32 Å². The van der Waals surface area contributed by atoms with Gasteiger partial charge in [-0.15, -0.1) is 0 Å². The predicted molar refractivity (Wildman–Crippen MR) is 69.5 cm³/mol. The standard InChI is InChI=1S/C14H15NO4/c1-8(2)6-15-14(16)12-5-9-10(19-12)3-4-11-13(9)18-7-17-11/h3-5,8H,6-7H2,1-2H3,(H,15,16). The quantitative estimate of drug-likeness (QED) is 0.922. The molecule has 100 valence electrons. The lowest BCUT2D eigenvalue weighted by Crippen LogP contribution is -2.26. The summed E-state index contributed by atoms with van der Waals surface area (Å²) >= 11 is 0. The summed E-state index contributed by atoms with van der Waals surface area (Å²) in [6.07, 6.45) is 0. The molecule has 0 spiro atoms. The van der Waals surface area contributed by atoms with E-state index in [1.807, 2.05) is 13.8 Å². The van der Waals surface area contributed by atoms with Gasteiger partial charge in [-0.3, -0.25) is 4.79 Å². The molecular weight excluding hydrogens is 246 g/mol. The summed E-state index contributed by atoms with van der Waals surface area (Å²) in [6, 6.07) is 5.25. The number of amides is 1. The van der Waals surface area contributed by atoms with Gasteiger partial charge in [0.1, 0.15) is 5.58 Å². The third kappa shape index (κ3) is 2.12. The maximum Gasteiger partial charge on any atom is 0.287 e. The Kier molecular flexibility index (Phi) is 2.81. The Morgan fingerprint density at radius 2 is 2.21 bits per heavy atom. The molecule has 0 aliphatic carbocycles. The van der Waals surface area contributed by atoms with Crippen molar-refractivity contribution in [2.24, 2.45) is 5.92 Å². The molecule has 1 aromatic heterocycles. The van der Waals surface area contributed by atoms with Crippen molar-refractivity contribution in [2.45, 2.75) is 13.8 Å². The first kappa shape index (κ1) is 11.9. The molecule has 5 nitrogen and oxygen atoms in total. The molecule has 19 heavy (non-hydrogen) atoms. The number of benzene rings is 1. The fourth-order valence-corrected chi connectivity index (χ4v) is 1.98. The van der Waals surface area contributed by atoms with Gasteiger partial charge in [-0.25, -0.2) is 0 Å².